The Balaban J connectivity index is 2.07. The Morgan fingerprint density at radius 1 is 1.35 bits per heavy atom. The average molecular weight is 274 g/mol. The zero-order valence-electron chi connectivity index (χ0n) is 12.2. The highest BCUT2D eigenvalue weighted by atomic mass is 16.2. The third-order valence-electron chi connectivity index (χ3n) is 3.36. The molecule has 4 heteroatoms. The van der Waals surface area contributed by atoms with Gasteiger partial charge in [-0.05, 0) is 37.0 Å². The molecular weight excluding hydrogens is 252 g/mol. The summed E-state index contributed by atoms with van der Waals surface area (Å²) < 4.78 is 0. The van der Waals surface area contributed by atoms with E-state index in [1.165, 1.54) is 0 Å². The topological polar surface area (TPSA) is 49.4 Å². The maximum atomic E-state index is 11.9. The normalized spacial score (nSPS) is 15.6. The van der Waals surface area contributed by atoms with Crippen molar-refractivity contribution in [2.75, 3.05) is 16.8 Å². The maximum absolute atomic E-state index is 11.9. The van der Waals surface area contributed by atoms with Crippen molar-refractivity contribution in [2.24, 2.45) is 5.92 Å². The Morgan fingerprint density at radius 3 is 2.85 bits per heavy atom. The van der Waals surface area contributed by atoms with Crippen LogP contribution in [0.15, 0.2) is 24.3 Å². The first kappa shape index (κ1) is 14.6. The molecule has 0 aromatic heterocycles. The summed E-state index contributed by atoms with van der Waals surface area (Å²) in [4.78, 5) is 25.5. The predicted molar refractivity (Wildman–Crippen MR) is 80.7 cm³/mol. The quantitative estimate of drug-likeness (QED) is 0.916. The Labute approximate surface area is 120 Å². The van der Waals surface area contributed by atoms with Crippen molar-refractivity contribution in [3.63, 3.8) is 0 Å². The summed E-state index contributed by atoms with van der Waals surface area (Å²) in [5, 5.41) is 2.89. The second-order valence-corrected chi connectivity index (χ2v) is 5.70. The number of carbonyl (C=O) groups excluding carboxylic acids is 2. The summed E-state index contributed by atoms with van der Waals surface area (Å²) in [6, 6.07) is 7.53. The van der Waals surface area contributed by atoms with Gasteiger partial charge in [-0.1, -0.05) is 19.9 Å². The molecule has 1 aromatic rings. The van der Waals surface area contributed by atoms with Crippen molar-refractivity contribution in [1.29, 1.82) is 0 Å². The molecule has 0 unspecified atom stereocenters. The Hall–Kier alpha value is -1.84. The van der Waals surface area contributed by atoms with Gasteiger partial charge in [-0.15, -0.1) is 0 Å². The van der Waals surface area contributed by atoms with Crippen LogP contribution in [0, 0.1) is 5.92 Å². The van der Waals surface area contributed by atoms with Crippen LogP contribution in [-0.2, 0) is 9.59 Å². The zero-order valence-corrected chi connectivity index (χ0v) is 12.2. The first-order chi connectivity index (χ1) is 9.56. The van der Waals surface area contributed by atoms with Gasteiger partial charge in [0.1, 0.15) is 0 Å². The van der Waals surface area contributed by atoms with Crippen molar-refractivity contribution < 1.29 is 9.59 Å². The van der Waals surface area contributed by atoms with Gasteiger partial charge in [-0.3, -0.25) is 9.59 Å². The van der Waals surface area contributed by atoms with Crippen molar-refractivity contribution in [2.45, 2.75) is 39.5 Å². The number of amides is 2. The summed E-state index contributed by atoms with van der Waals surface area (Å²) in [6.45, 7) is 4.80. The van der Waals surface area contributed by atoms with Gasteiger partial charge in [0.15, 0.2) is 0 Å². The molecule has 0 bridgehead atoms. The summed E-state index contributed by atoms with van der Waals surface area (Å²) in [5.74, 6) is 0.519. The lowest BCUT2D eigenvalue weighted by Gasteiger charge is -2.27. The number of benzene rings is 1. The van der Waals surface area contributed by atoms with Crippen LogP contribution >= 0.6 is 0 Å². The largest absolute Gasteiger partial charge is 0.326 e. The maximum Gasteiger partial charge on any atom is 0.226 e. The van der Waals surface area contributed by atoms with Gasteiger partial charge >= 0.3 is 0 Å². The number of nitrogens with zero attached hydrogens (tertiary/aromatic N) is 1. The summed E-state index contributed by atoms with van der Waals surface area (Å²) in [5.41, 5.74) is 1.63. The second-order valence-electron chi connectivity index (χ2n) is 5.70. The molecule has 1 heterocycles. The first-order valence-corrected chi connectivity index (χ1v) is 7.26. The zero-order chi connectivity index (χ0) is 14.5. The fourth-order valence-corrected chi connectivity index (χ4v) is 2.41. The van der Waals surface area contributed by atoms with Crippen molar-refractivity contribution in [1.82, 2.24) is 0 Å². The Kier molecular flexibility index (Phi) is 4.77. The minimum atomic E-state index is 0.0159. The van der Waals surface area contributed by atoms with Crippen LogP contribution in [-0.4, -0.2) is 18.4 Å². The van der Waals surface area contributed by atoms with E-state index in [9.17, 15) is 9.59 Å². The minimum Gasteiger partial charge on any atom is -0.326 e. The average Bonchev–Trinajstić information content (AvgIpc) is 2.38. The molecule has 2 amide bonds. The molecule has 0 spiro atoms. The number of carbonyl (C=O) groups is 2. The van der Waals surface area contributed by atoms with Gasteiger partial charge in [0.25, 0.3) is 0 Å². The van der Waals surface area contributed by atoms with E-state index in [0.29, 0.717) is 18.8 Å². The first-order valence-electron chi connectivity index (χ1n) is 7.26. The molecule has 1 fully saturated rings. The summed E-state index contributed by atoms with van der Waals surface area (Å²) >= 11 is 0. The molecule has 1 N–H and O–H groups in total. The van der Waals surface area contributed by atoms with Gasteiger partial charge in [-0.25, -0.2) is 0 Å². The van der Waals surface area contributed by atoms with E-state index in [1.807, 2.05) is 43.0 Å². The van der Waals surface area contributed by atoms with Gasteiger partial charge < -0.3 is 10.2 Å². The molecule has 1 aliphatic heterocycles. The smallest absolute Gasteiger partial charge is 0.226 e. The molecule has 108 valence electrons. The lowest BCUT2D eigenvalue weighted by Crippen LogP contribution is -2.35. The number of hydrogen-bond donors (Lipinski definition) is 1. The van der Waals surface area contributed by atoms with E-state index in [-0.39, 0.29) is 11.8 Å². The molecule has 0 radical (unpaired) electrons. The second kappa shape index (κ2) is 6.55. The molecule has 0 atom stereocenters. The summed E-state index contributed by atoms with van der Waals surface area (Å²) in [7, 11) is 0. The highest BCUT2D eigenvalue weighted by Gasteiger charge is 2.19. The number of anilines is 2. The SMILES string of the molecule is CC(C)CC(=O)Nc1cccc(N2CCCCC2=O)c1. The van der Waals surface area contributed by atoms with Gasteiger partial charge in [0.05, 0.1) is 0 Å². The molecule has 2 rings (SSSR count). The van der Waals surface area contributed by atoms with Gasteiger partial charge in [-0.2, -0.15) is 0 Å². The monoisotopic (exact) mass is 274 g/mol. The van der Waals surface area contributed by atoms with Crippen molar-refractivity contribution in [3.8, 4) is 0 Å². The van der Waals surface area contributed by atoms with Crippen LogP contribution in [0.5, 0.6) is 0 Å². The molecule has 1 aliphatic rings. The summed E-state index contributed by atoms with van der Waals surface area (Å²) in [6.07, 6.45) is 3.13. The Bertz CT molecular complexity index is 497. The highest BCUT2D eigenvalue weighted by Crippen LogP contribution is 2.24. The van der Waals surface area contributed by atoms with E-state index >= 15 is 0 Å². The van der Waals surface area contributed by atoms with Crippen molar-refractivity contribution in [3.05, 3.63) is 24.3 Å². The minimum absolute atomic E-state index is 0.0159. The highest BCUT2D eigenvalue weighted by molar-refractivity contribution is 5.96. The van der Waals surface area contributed by atoms with Crippen LogP contribution in [0.25, 0.3) is 0 Å². The lowest BCUT2D eigenvalue weighted by molar-refractivity contribution is -0.119. The van der Waals surface area contributed by atoms with Crippen LogP contribution in [0.4, 0.5) is 11.4 Å². The van der Waals surface area contributed by atoms with Crippen LogP contribution in [0.2, 0.25) is 0 Å². The van der Waals surface area contributed by atoms with Crippen LogP contribution in [0.1, 0.15) is 39.5 Å². The fraction of sp³-hybridized carbons (Fsp3) is 0.500. The third kappa shape index (κ3) is 3.83. The molecule has 0 aliphatic carbocycles. The lowest BCUT2D eigenvalue weighted by atomic mass is 10.1. The van der Waals surface area contributed by atoms with E-state index < -0.39 is 0 Å². The van der Waals surface area contributed by atoms with Gasteiger partial charge in [0, 0.05) is 30.8 Å². The van der Waals surface area contributed by atoms with Crippen LogP contribution in [0.3, 0.4) is 0 Å². The molecule has 0 saturated carbocycles. The van der Waals surface area contributed by atoms with Gasteiger partial charge in [0.2, 0.25) is 11.8 Å². The predicted octanol–water partition coefficient (Wildman–Crippen LogP) is 3.19. The molecular formula is C16H22N2O2. The number of hydrogen-bond acceptors (Lipinski definition) is 2. The van der Waals surface area contributed by atoms with E-state index in [0.717, 1.165) is 30.8 Å². The number of piperidine rings is 1. The van der Waals surface area contributed by atoms with E-state index in [4.69, 9.17) is 0 Å². The van der Waals surface area contributed by atoms with E-state index in [2.05, 4.69) is 5.32 Å². The molecule has 1 saturated heterocycles. The Morgan fingerprint density at radius 2 is 2.15 bits per heavy atom. The molecule has 4 nitrogen and oxygen atoms in total. The fourth-order valence-electron chi connectivity index (χ4n) is 2.41. The standard InChI is InChI=1S/C16H22N2O2/c1-12(2)10-15(19)17-13-6-5-7-14(11-13)18-9-4-3-8-16(18)20/h5-7,11-12H,3-4,8-10H2,1-2H3,(H,17,19). The van der Waals surface area contributed by atoms with Crippen LogP contribution < -0.4 is 10.2 Å². The molecule has 20 heavy (non-hydrogen) atoms. The van der Waals surface area contributed by atoms with Crippen molar-refractivity contribution >= 4 is 23.2 Å². The number of rotatable bonds is 4. The number of nitrogens with one attached hydrogen (secondary N) is 1. The third-order valence-corrected chi connectivity index (χ3v) is 3.36. The van der Waals surface area contributed by atoms with E-state index in [1.54, 1.807) is 0 Å². The molecule has 1 aromatic carbocycles.